The van der Waals surface area contributed by atoms with Crippen molar-refractivity contribution in [3.63, 3.8) is 0 Å². The fourth-order valence-corrected chi connectivity index (χ4v) is 3.86. The quantitative estimate of drug-likeness (QED) is 0.628. The molecule has 0 aliphatic heterocycles. The van der Waals surface area contributed by atoms with Crippen LogP contribution in [0.4, 0.5) is 15.8 Å². The number of anilines is 1. The Morgan fingerprint density at radius 2 is 1.88 bits per heavy atom. The van der Waals surface area contributed by atoms with Crippen LogP contribution in [0.3, 0.4) is 0 Å². The molecular formula is C17H17FN2O4S. The van der Waals surface area contributed by atoms with Crippen molar-refractivity contribution < 1.29 is 17.7 Å². The third kappa shape index (κ3) is 3.34. The number of para-hydroxylation sites is 1. The molecular weight excluding hydrogens is 347 g/mol. The van der Waals surface area contributed by atoms with E-state index in [-0.39, 0.29) is 16.4 Å². The Balaban J connectivity index is 1.92. The van der Waals surface area contributed by atoms with E-state index in [1.807, 2.05) is 0 Å². The first-order valence-electron chi connectivity index (χ1n) is 7.71. The van der Waals surface area contributed by atoms with Gasteiger partial charge in [0.2, 0.25) is 0 Å². The zero-order chi connectivity index (χ0) is 18.2. The summed E-state index contributed by atoms with van der Waals surface area (Å²) in [4.78, 5) is 10.4. The van der Waals surface area contributed by atoms with Gasteiger partial charge in [0.25, 0.3) is 0 Å². The van der Waals surface area contributed by atoms with Gasteiger partial charge < -0.3 is 5.32 Å². The van der Waals surface area contributed by atoms with Crippen molar-refractivity contribution >= 4 is 21.2 Å². The van der Waals surface area contributed by atoms with Crippen LogP contribution in [0.15, 0.2) is 47.4 Å². The average molecular weight is 364 g/mol. The molecule has 132 valence electrons. The van der Waals surface area contributed by atoms with Crippen LogP contribution in [0.1, 0.15) is 18.4 Å². The molecule has 0 amide bonds. The van der Waals surface area contributed by atoms with E-state index in [4.69, 9.17) is 0 Å². The lowest BCUT2D eigenvalue weighted by Crippen LogP contribution is -2.21. The Morgan fingerprint density at radius 1 is 1.20 bits per heavy atom. The van der Waals surface area contributed by atoms with Gasteiger partial charge in [-0.25, -0.2) is 12.8 Å². The molecule has 1 aliphatic rings. The molecule has 0 unspecified atom stereocenters. The lowest BCUT2D eigenvalue weighted by atomic mass is 9.95. The number of halogens is 1. The molecule has 0 atom stereocenters. The lowest BCUT2D eigenvalue weighted by molar-refractivity contribution is -0.386. The van der Waals surface area contributed by atoms with Crippen LogP contribution < -0.4 is 5.32 Å². The van der Waals surface area contributed by atoms with Gasteiger partial charge in [0.05, 0.1) is 4.92 Å². The van der Waals surface area contributed by atoms with E-state index >= 15 is 0 Å². The number of hydrogen-bond acceptors (Lipinski definition) is 5. The summed E-state index contributed by atoms with van der Waals surface area (Å²) in [6.45, 7) is 0.294. The number of nitrogens with zero attached hydrogens (tertiary/aromatic N) is 1. The summed E-state index contributed by atoms with van der Waals surface area (Å²) in [6, 6.07) is 10.6. The minimum absolute atomic E-state index is 0.121. The summed E-state index contributed by atoms with van der Waals surface area (Å²) in [6.07, 6.45) is 2.46. The molecule has 1 saturated carbocycles. The first-order valence-corrected chi connectivity index (χ1v) is 9.60. The van der Waals surface area contributed by atoms with Crippen LogP contribution >= 0.6 is 0 Å². The largest absolute Gasteiger partial charge is 0.379 e. The van der Waals surface area contributed by atoms with Gasteiger partial charge in [-0.1, -0.05) is 24.3 Å². The monoisotopic (exact) mass is 364 g/mol. The smallest absolute Gasteiger partial charge is 0.310 e. The van der Waals surface area contributed by atoms with E-state index in [1.54, 1.807) is 18.2 Å². The maximum absolute atomic E-state index is 14.1. The van der Waals surface area contributed by atoms with Crippen molar-refractivity contribution in [1.82, 2.24) is 0 Å². The zero-order valence-corrected chi connectivity index (χ0v) is 14.3. The Kier molecular flexibility index (Phi) is 4.24. The summed E-state index contributed by atoms with van der Waals surface area (Å²) >= 11 is 0. The van der Waals surface area contributed by atoms with Crippen LogP contribution in [0.2, 0.25) is 0 Å². The van der Waals surface area contributed by atoms with Crippen molar-refractivity contribution in [3.05, 3.63) is 64.0 Å². The van der Waals surface area contributed by atoms with Crippen LogP contribution in [-0.4, -0.2) is 26.1 Å². The Hall–Kier alpha value is -2.48. The van der Waals surface area contributed by atoms with E-state index in [9.17, 15) is 22.9 Å². The number of benzene rings is 2. The summed E-state index contributed by atoms with van der Waals surface area (Å²) in [5, 5.41) is 14.4. The number of nitrogens with one attached hydrogen (secondary N) is 1. The first kappa shape index (κ1) is 17.3. The normalized spacial score (nSPS) is 15.6. The van der Waals surface area contributed by atoms with Gasteiger partial charge in [-0.05, 0) is 36.6 Å². The number of rotatable bonds is 6. The molecule has 0 spiro atoms. The van der Waals surface area contributed by atoms with Crippen molar-refractivity contribution in [2.75, 3.05) is 18.1 Å². The maximum Gasteiger partial charge on any atom is 0.310 e. The highest BCUT2D eigenvalue weighted by Gasteiger charge is 2.46. The van der Waals surface area contributed by atoms with Gasteiger partial charge in [0.15, 0.2) is 9.84 Å². The zero-order valence-electron chi connectivity index (χ0n) is 13.5. The highest BCUT2D eigenvalue weighted by atomic mass is 32.2. The Labute approximate surface area is 144 Å². The fourth-order valence-electron chi connectivity index (χ4n) is 3.00. The molecule has 0 saturated heterocycles. The molecule has 2 aromatic carbocycles. The van der Waals surface area contributed by atoms with Gasteiger partial charge in [-0.15, -0.1) is 0 Å². The topological polar surface area (TPSA) is 89.3 Å². The van der Waals surface area contributed by atoms with Crippen molar-refractivity contribution in [2.45, 2.75) is 23.2 Å². The lowest BCUT2D eigenvalue weighted by Gasteiger charge is -2.18. The minimum Gasteiger partial charge on any atom is -0.379 e. The standard InChI is InChI=1S/C17H17FN2O4S/c1-25(23,24)15-8-4-7-14(16(15)20(21)22)19-11-17(9-10-17)12-5-2-3-6-13(12)18/h2-8,19H,9-11H2,1H3. The molecule has 0 radical (unpaired) electrons. The van der Waals surface area contributed by atoms with Gasteiger partial charge in [0.1, 0.15) is 16.4 Å². The maximum atomic E-state index is 14.1. The minimum atomic E-state index is -3.74. The van der Waals surface area contributed by atoms with Crippen LogP contribution in [0.5, 0.6) is 0 Å². The second kappa shape index (κ2) is 6.11. The summed E-state index contributed by atoms with van der Waals surface area (Å²) in [5.74, 6) is -0.304. The molecule has 0 heterocycles. The Bertz CT molecular complexity index is 939. The molecule has 1 aliphatic carbocycles. The van der Waals surface area contributed by atoms with Gasteiger partial charge >= 0.3 is 5.69 Å². The molecule has 25 heavy (non-hydrogen) atoms. The molecule has 1 fully saturated rings. The van der Waals surface area contributed by atoms with Gasteiger partial charge in [-0.3, -0.25) is 10.1 Å². The predicted octanol–water partition coefficient (Wildman–Crippen LogP) is 3.28. The number of sulfone groups is 1. The molecule has 1 N–H and O–H groups in total. The van der Waals surface area contributed by atoms with E-state index in [1.165, 1.54) is 24.3 Å². The number of nitro benzene ring substituents is 1. The number of hydrogen-bond donors (Lipinski definition) is 1. The number of nitro groups is 1. The first-order chi connectivity index (χ1) is 11.7. The van der Waals surface area contributed by atoms with Gasteiger partial charge in [0, 0.05) is 18.2 Å². The van der Waals surface area contributed by atoms with Crippen molar-refractivity contribution in [3.8, 4) is 0 Å². The SMILES string of the molecule is CS(=O)(=O)c1cccc(NCC2(c3ccccc3F)CC2)c1[N+](=O)[O-]. The van der Waals surface area contributed by atoms with E-state index in [2.05, 4.69) is 5.32 Å². The Morgan fingerprint density at radius 3 is 2.44 bits per heavy atom. The highest BCUT2D eigenvalue weighted by Crippen LogP contribution is 2.49. The molecule has 6 nitrogen and oxygen atoms in total. The van der Waals surface area contributed by atoms with Gasteiger partial charge in [-0.2, -0.15) is 0 Å². The van der Waals surface area contributed by atoms with Crippen molar-refractivity contribution in [1.29, 1.82) is 0 Å². The van der Waals surface area contributed by atoms with Crippen LogP contribution in [0, 0.1) is 15.9 Å². The molecule has 0 aromatic heterocycles. The van der Waals surface area contributed by atoms with E-state index in [0.29, 0.717) is 12.1 Å². The van der Waals surface area contributed by atoms with E-state index < -0.39 is 25.9 Å². The third-order valence-corrected chi connectivity index (χ3v) is 5.63. The third-order valence-electron chi connectivity index (χ3n) is 4.50. The molecule has 2 aromatic rings. The summed E-state index contributed by atoms with van der Waals surface area (Å²) in [7, 11) is -3.74. The highest BCUT2D eigenvalue weighted by molar-refractivity contribution is 7.90. The average Bonchev–Trinajstić information content (AvgIpc) is 3.33. The second-order valence-corrected chi connectivity index (χ2v) is 8.28. The predicted molar refractivity (Wildman–Crippen MR) is 92.0 cm³/mol. The van der Waals surface area contributed by atoms with Crippen LogP contribution in [-0.2, 0) is 15.3 Å². The van der Waals surface area contributed by atoms with E-state index in [0.717, 1.165) is 19.1 Å². The molecule has 0 bridgehead atoms. The summed E-state index contributed by atoms with van der Waals surface area (Å²) < 4.78 is 37.7. The van der Waals surface area contributed by atoms with Crippen molar-refractivity contribution in [2.24, 2.45) is 0 Å². The second-order valence-electron chi connectivity index (χ2n) is 6.30. The fraction of sp³-hybridized carbons (Fsp3) is 0.294. The summed E-state index contributed by atoms with van der Waals surface area (Å²) in [5.41, 5.74) is -0.199. The van der Waals surface area contributed by atoms with Crippen LogP contribution in [0.25, 0.3) is 0 Å². The molecule has 3 rings (SSSR count). The molecule has 8 heteroatoms.